The fourth-order valence-electron chi connectivity index (χ4n) is 1.84. The molecule has 0 aliphatic carbocycles. The zero-order valence-corrected chi connectivity index (χ0v) is 11.1. The van der Waals surface area contributed by atoms with Crippen molar-refractivity contribution in [2.24, 2.45) is 0 Å². The first kappa shape index (κ1) is 12.6. The summed E-state index contributed by atoms with van der Waals surface area (Å²) in [7, 11) is 0. The number of rotatable bonds is 4. The number of fused-ring (bicyclic) bond motifs is 1. The van der Waals surface area contributed by atoms with Crippen molar-refractivity contribution in [2.75, 3.05) is 0 Å². The molecule has 6 heteroatoms. The molecule has 0 aliphatic heterocycles. The Labute approximate surface area is 118 Å². The average Bonchev–Trinajstić information content (AvgIpc) is 2.88. The van der Waals surface area contributed by atoms with Crippen LogP contribution in [0.25, 0.3) is 10.2 Å². The van der Waals surface area contributed by atoms with E-state index in [1.54, 1.807) is 24.3 Å². The number of benzene rings is 1. The third-order valence-electron chi connectivity index (χ3n) is 2.68. The molecule has 0 amide bonds. The summed E-state index contributed by atoms with van der Waals surface area (Å²) in [5.74, 6) is 0.180. The highest BCUT2D eigenvalue weighted by molar-refractivity contribution is 7.17. The van der Waals surface area contributed by atoms with Gasteiger partial charge in [0.2, 0.25) is 5.88 Å². The fourth-order valence-corrected chi connectivity index (χ4v) is 2.61. The van der Waals surface area contributed by atoms with Gasteiger partial charge in [-0.15, -0.1) is 11.3 Å². The number of aliphatic carboxylic acids is 1. The standard InChI is InChI=1S/C14H10N2O3S/c17-12(18)7-9-2-1-3-10(6-9)19-14-13-11(4-5-20-13)15-8-16-14/h1-6,8H,7H2,(H,17,18). The van der Waals surface area contributed by atoms with Crippen LogP contribution in [0.3, 0.4) is 0 Å². The van der Waals surface area contributed by atoms with E-state index in [2.05, 4.69) is 9.97 Å². The van der Waals surface area contributed by atoms with Crippen LogP contribution in [0, 0.1) is 0 Å². The molecule has 0 saturated heterocycles. The second-order valence-corrected chi connectivity index (χ2v) is 5.05. The summed E-state index contributed by atoms with van der Waals surface area (Å²) < 4.78 is 6.61. The van der Waals surface area contributed by atoms with Crippen molar-refractivity contribution in [3.8, 4) is 11.6 Å². The summed E-state index contributed by atoms with van der Waals surface area (Å²) in [5, 5.41) is 10.7. The summed E-state index contributed by atoms with van der Waals surface area (Å²) in [6.07, 6.45) is 1.42. The van der Waals surface area contributed by atoms with Gasteiger partial charge in [0.05, 0.1) is 11.9 Å². The van der Waals surface area contributed by atoms with Crippen molar-refractivity contribution < 1.29 is 14.6 Å². The summed E-state index contributed by atoms with van der Waals surface area (Å²) in [6.45, 7) is 0. The minimum Gasteiger partial charge on any atom is -0.481 e. The molecule has 0 fully saturated rings. The first-order chi connectivity index (χ1) is 9.72. The molecule has 0 aliphatic rings. The third kappa shape index (κ3) is 2.60. The van der Waals surface area contributed by atoms with E-state index in [0.29, 0.717) is 17.2 Å². The summed E-state index contributed by atoms with van der Waals surface area (Å²) in [6, 6.07) is 8.89. The van der Waals surface area contributed by atoms with Crippen LogP contribution in [0.1, 0.15) is 5.56 Å². The van der Waals surface area contributed by atoms with Crippen LogP contribution in [0.4, 0.5) is 0 Å². The van der Waals surface area contributed by atoms with E-state index in [1.807, 2.05) is 11.4 Å². The first-order valence-corrected chi connectivity index (χ1v) is 6.77. The lowest BCUT2D eigenvalue weighted by Gasteiger charge is -2.06. The minimum absolute atomic E-state index is 0.0324. The number of ether oxygens (including phenoxy) is 1. The van der Waals surface area contributed by atoms with Crippen LogP contribution in [0.15, 0.2) is 42.0 Å². The molecule has 0 spiro atoms. The molecule has 20 heavy (non-hydrogen) atoms. The van der Waals surface area contributed by atoms with Crippen molar-refractivity contribution in [1.82, 2.24) is 9.97 Å². The van der Waals surface area contributed by atoms with E-state index in [0.717, 1.165) is 10.2 Å². The van der Waals surface area contributed by atoms with Crippen molar-refractivity contribution in [3.05, 3.63) is 47.6 Å². The number of carbonyl (C=O) groups is 1. The minimum atomic E-state index is -0.871. The van der Waals surface area contributed by atoms with Crippen LogP contribution in [-0.4, -0.2) is 21.0 Å². The van der Waals surface area contributed by atoms with Gasteiger partial charge >= 0.3 is 5.97 Å². The molecule has 2 aromatic heterocycles. The van der Waals surface area contributed by atoms with Crippen LogP contribution >= 0.6 is 11.3 Å². The maximum absolute atomic E-state index is 10.7. The maximum Gasteiger partial charge on any atom is 0.307 e. The Morgan fingerprint density at radius 3 is 3.05 bits per heavy atom. The van der Waals surface area contributed by atoms with E-state index in [-0.39, 0.29) is 6.42 Å². The molecular formula is C14H10N2O3S. The molecule has 2 heterocycles. The fraction of sp³-hybridized carbons (Fsp3) is 0.0714. The lowest BCUT2D eigenvalue weighted by Crippen LogP contribution is -2.00. The second kappa shape index (κ2) is 5.26. The largest absolute Gasteiger partial charge is 0.481 e. The molecule has 3 rings (SSSR count). The Balaban J connectivity index is 1.91. The monoisotopic (exact) mass is 286 g/mol. The smallest absolute Gasteiger partial charge is 0.307 e. The highest BCUT2D eigenvalue weighted by Gasteiger charge is 2.08. The van der Waals surface area contributed by atoms with Gasteiger partial charge in [-0.3, -0.25) is 4.79 Å². The Hall–Kier alpha value is -2.47. The van der Waals surface area contributed by atoms with Gasteiger partial charge in [-0.05, 0) is 29.1 Å². The summed E-state index contributed by atoms with van der Waals surface area (Å²) in [5.41, 5.74) is 1.52. The number of carboxylic acids is 1. The lowest BCUT2D eigenvalue weighted by atomic mass is 10.1. The predicted octanol–water partition coefficient (Wildman–Crippen LogP) is 3.11. The molecule has 100 valence electrons. The Morgan fingerprint density at radius 1 is 1.30 bits per heavy atom. The predicted molar refractivity (Wildman–Crippen MR) is 75.3 cm³/mol. The lowest BCUT2D eigenvalue weighted by molar-refractivity contribution is -0.136. The van der Waals surface area contributed by atoms with Crippen LogP contribution in [0.2, 0.25) is 0 Å². The molecule has 0 saturated carbocycles. The normalized spacial score (nSPS) is 10.6. The Kier molecular flexibility index (Phi) is 3.30. The van der Waals surface area contributed by atoms with E-state index >= 15 is 0 Å². The van der Waals surface area contributed by atoms with Gasteiger partial charge in [0, 0.05) is 0 Å². The molecule has 1 aromatic carbocycles. The van der Waals surface area contributed by atoms with Gasteiger partial charge in [-0.2, -0.15) is 0 Å². The van der Waals surface area contributed by atoms with Gasteiger partial charge in [-0.1, -0.05) is 12.1 Å². The van der Waals surface area contributed by atoms with Gasteiger partial charge in [0.15, 0.2) is 0 Å². The number of thiophene rings is 1. The van der Waals surface area contributed by atoms with E-state index in [4.69, 9.17) is 9.84 Å². The Morgan fingerprint density at radius 2 is 2.20 bits per heavy atom. The second-order valence-electron chi connectivity index (χ2n) is 4.13. The highest BCUT2D eigenvalue weighted by atomic mass is 32.1. The van der Waals surface area contributed by atoms with Gasteiger partial charge in [0.25, 0.3) is 0 Å². The molecule has 1 N–H and O–H groups in total. The number of aromatic nitrogens is 2. The highest BCUT2D eigenvalue weighted by Crippen LogP contribution is 2.30. The maximum atomic E-state index is 10.7. The third-order valence-corrected chi connectivity index (χ3v) is 3.57. The van der Waals surface area contributed by atoms with Crippen molar-refractivity contribution in [2.45, 2.75) is 6.42 Å². The molecule has 0 radical (unpaired) electrons. The van der Waals surface area contributed by atoms with Crippen LogP contribution < -0.4 is 4.74 Å². The van der Waals surface area contributed by atoms with E-state index in [1.165, 1.54) is 17.7 Å². The topological polar surface area (TPSA) is 72.3 Å². The van der Waals surface area contributed by atoms with Crippen molar-refractivity contribution in [3.63, 3.8) is 0 Å². The van der Waals surface area contributed by atoms with Crippen molar-refractivity contribution in [1.29, 1.82) is 0 Å². The van der Waals surface area contributed by atoms with Gasteiger partial charge in [-0.25, -0.2) is 9.97 Å². The summed E-state index contributed by atoms with van der Waals surface area (Å²) in [4.78, 5) is 19.0. The molecule has 5 nitrogen and oxygen atoms in total. The van der Waals surface area contributed by atoms with Crippen LogP contribution in [-0.2, 0) is 11.2 Å². The summed E-state index contributed by atoms with van der Waals surface area (Å²) >= 11 is 1.50. The number of carboxylic acid groups (broad SMARTS) is 1. The number of hydrogen-bond acceptors (Lipinski definition) is 5. The van der Waals surface area contributed by atoms with Crippen molar-refractivity contribution >= 4 is 27.5 Å². The van der Waals surface area contributed by atoms with Gasteiger partial charge < -0.3 is 9.84 Å². The molecule has 0 atom stereocenters. The first-order valence-electron chi connectivity index (χ1n) is 5.89. The average molecular weight is 286 g/mol. The molecule has 3 aromatic rings. The van der Waals surface area contributed by atoms with Gasteiger partial charge in [0.1, 0.15) is 16.8 Å². The molecule has 0 bridgehead atoms. The zero-order chi connectivity index (χ0) is 13.9. The Bertz CT molecular complexity index is 770. The van der Waals surface area contributed by atoms with E-state index in [9.17, 15) is 4.79 Å². The zero-order valence-electron chi connectivity index (χ0n) is 10.3. The molecule has 0 unspecified atom stereocenters. The number of hydrogen-bond donors (Lipinski definition) is 1. The number of nitrogens with zero attached hydrogens (tertiary/aromatic N) is 2. The quantitative estimate of drug-likeness (QED) is 0.797. The SMILES string of the molecule is O=C(O)Cc1cccc(Oc2ncnc3ccsc23)c1. The van der Waals surface area contributed by atoms with E-state index < -0.39 is 5.97 Å². The van der Waals surface area contributed by atoms with Crippen LogP contribution in [0.5, 0.6) is 11.6 Å². The molecular weight excluding hydrogens is 276 g/mol.